The first kappa shape index (κ1) is 14.4. The standard InChI is InChI=1S/C15H20N2O3/c1-2-14(19)16-8-5-9-17(11-10-16)15(20)12-6-3-4-7-13(12)18/h3-4,6-7,18H,2,5,8-11H2,1H3. The Bertz CT molecular complexity index is 502. The van der Waals surface area contributed by atoms with Crippen molar-refractivity contribution in [3.05, 3.63) is 29.8 Å². The van der Waals surface area contributed by atoms with Crippen molar-refractivity contribution < 1.29 is 14.7 Å². The Labute approximate surface area is 118 Å². The zero-order valence-electron chi connectivity index (χ0n) is 11.7. The van der Waals surface area contributed by atoms with Crippen molar-refractivity contribution in [2.75, 3.05) is 26.2 Å². The van der Waals surface area contributed by atoms with Crippen LogP contribution in [0.15, 0.2) is 24.3 Å². The van der Waals surface area contributed by atoms with Crippen LogP contribution >= 0.6 is 0 Å². The summed E-state index contributed by atoms with van der Waals surface area (Å²) in [5.74, 6) is -0.0426. The fourth-order valence-corrected chi connectivity index (χ4v) is 2.42. The summed E-state index contributed by atoms with van der Waals surface area (Å²) in [4.78, 5) is 27.6. The lowest BCUT2D eigenvalue weighted by molar-refractivity contribution is -0.130. The van der Waals surface area contributed by atoms with Gasteiger partial charge < -0.3 is 14.9 Å². The van der Waals surface area contributed by atoms with Crippen LogP contribution in [0.3, 0.4) is 0 Å². The Kier molecular flexibility index (Phi) is 4.61. The van der Waals surface area contributed by atoms with Crippen molar-refractivity contribution in [1.29, 1.82) is 0 Å². The number of aromatic hydroxyl groups is 1. The summed E-state index contributed by atoms with van der Waals surface area (Å²) in [6, 6.07) is 6.56. The third-order valence-corrected chi connectivity index (χ3v) is 3.57. The molecule has 2 rings (SSSR count). The Hall–Kier alpha value is -2.04. The van der Waals surface area contributed by atoms with Crippen LogP contribution in [0.4, 0.5) is 0 Å². The van der Waals surface area contributed by atoms with Gasteiger partial charge in [0.1, 0.15) is 5.75 Å². The second kappa shape index (κ2) is 6.41. The second-order valence-electron chi connectivity index (χ2n) is 4.90. The summed E-state index contributed by atoms with van der Waals surface area (Å²) >= 11 is 0. The third-order valence-electron chi connectivity index (χ3n) is 3.57. The largest absolute Gasteiger partial charge is 0.507 e. The Morgan fingerprint density at radius 3 is 2.45 bits per heavy atom. The van der Waals surface area contributed by atoms with Crippen LogP contribution in [0.25, 0.3) is 0 Å². The fourth-order valence-electron chi connectivity index (χ4n) is 2.42. The maximum absolute atomic E-state index is 12.4. The number of carbonyl (C=O) groups is 2. The van der Waals surface area contributed by atoms with Gasteiger partial charge in [0.05, 0.1) is 5.56 Å². The van der Waals surface area contributed by atoms with Crippen LogP contribution in [-0.2, 0) is 4.79 Å². The maximum atomic E-state index is 12.4. The van der Waals surface area contributed by atoms with E-state index in [9.17, 15) is 14.7 Å². The lowest BCUT2D eigenvalue weighted by Crippen LogP contribution is -2.37. The number of para-hydroxylation sites is 1. The molecule has 5 nitrogen and oxygen atoms in total. The zero-order valence-corrected chi connectivity index (χ0v) is 11.7. The first-order valence-electron chi connectivity index (χ1n) is 6.98. The van der Waals surface area contributed by atoms with Crippen molar-refractivity contribution in [2.45, 2.75) is 19.8 Å². The van der Waals surface area contributed by atoms with E-state index in [1.54, 1.807) is 28.0 Å². The molecule has 1 aromatic rings. The van der Waals surface area contributed by atoms with Gasteiger partial charge in [-0.2, -0.15) is 0 Å². The molecule has 2 amide bonds. The number of hydrogen-bond acceptors (Lipinski definition) is 3. The topological polar surface area (TPSA) is 60.9 Å². The zero-order chi connectivity index (χ0) is 14.5. The molecule has 1 heterocycles. The van der Waals surface area contributed by atoms with Crippen LogP contribution in [0.1, 0.15) is 30.1 Å². The minimum absolute atomic E-state index is 0.00300. The summed E-state index contributed by atoms with van der Waals surface area (Å²) in [5, 5.41) is 9.75. The summed E-state index contributed by atoms with van der Waals surface area (Å²) in [5.41, 5.74) is 0.322. The predicted molar refractivity (Wildman–Crippen MR) is 75.5 cm³/mol. The molecule has 0 aromatic heterocycles. The van der Waals surface area contributed by atoms with Gasteiger partial charge in [-0.1, -0.05) is 19.1 Å². The maximum Gasteiger partial charge on any atom is 0.257 e. The molecular formula is C15H20N2O3. The molecule has 5 heteroatoms. The molecule has 1 aliphatic rings. The van der Waals surface area contributed by atoms with Gasteiger partial charge in [-0.05, 0) is 18.6 Å². The predicted octanol–water partition coefficient (Wildman–Crippen LogP) is 1.48. The van der Waals surface area contributed by atoms with Crippen molar-refractivity contribution >= 4 is 11.8 Å². The average Bonchev–Trinajstić information content (AvgIpc) is 2.72. The monoisotopic (exact) mass is 276 g/mol. The first-order chi connectivity index (χ1) is 9.63. The number of phenolic OH excluding ortho intramolecular Hbond substituents is 1. The van der Waals surface area contributed by atoms with Gasteiger partial charge in [0.15, 0.2) is 0 Å². The number of amides is 2. The molecule has 1 aromatic carbocycles. The van der Waals surface area contributed by atoms with Gasteiger partial charge in [0, 0.05) is 32.6 Å². The van der Waals surface area contributed by atoms with Crippen LogP contribution in [0, 0.1) is 0 Å². The van der Waals surface area contributed by atoms with Crippen LogP contribution < -0.4 is 0 Å². The number of nitrogens with zero attached hydrogens (tertiary/aromatic N) is 2. The van der Waals surface area contributed by atoms with Gasteiger partial charge in [-0.25, -0.2) is 0 Å². The summed E-state index contributed by atoms with van der Waals surface area (Å²) in [6.07, 6.45) is 1.26. The molecule has 108 valence electrons. The molecule has 0 atom stereocenters. The highest BCUT2D eigenvalue weighted by Gasteiger charge is 2.23. The highest BCUT2D eigenvalue weighted by Crippen LogP contribution is 2.18. The number of benzene rings is 1. The molecule has 20 heavy (non-hydrogen) atoms. The molecule has 1 saturated heterocycles. The second-order valence-corrected chi connectivity index (χ2v) is 4.90. The summed E-state index contributed by atoms with van der Waals surface area (Å²) in [6.45, 7) is 4.22. The molecule has 1 fully saturated rings. The molecule has 0 unspecified atom stereocenters. The molecule has 0 spiro atoms. The van der Waals surface area contributed by atoms with Gasteiger partial charge in [-0.15, -0.1) is 0 Å². The highest BCUT2D eigenvalue weighted by molar-refractivity contribution is 5.96. The van der Waals surface area contributed by atoms with E-state index < -0.39 is 0 Å². The van der Waals surface area contributed by atoms with E-state index in [0.717, 1.165) is 6.42 Å². The number of carbonyl (C=O) groups excluding carboxylic acids is 2. The van der Waals surface area contributed by atoms with Gasteiger partial charge in [0.2, 0.25) is 5.91 Å². The van der Waals surface area contributed by atoms with E-state index in [-0.39, 0.29) is 17.6 Å². The summed E-state index contributed by atoms with van der Waals surface area (Å²) in [7, 11) is 0. The van der Waals surface area contributed by atoms with Crippen molar-refractivity contribution in [3.63, 3.8) is 0 Å². The van der Waals surface area contributed by atoms with Crippen LogP contribution in [0.2, 0.25) is 0 Å². The number of hydrogen-bond donors (Lipinski definition) is 1. The Balaban J connectivity index is 2.05. The summed E-state index contributed by atoms with van der Waals surface area (Å²) < 4.78 is 0. The van der Waals surface area contributed by atoms with E-state index in [4.69, 9.17) is 0 Å². The Morgan fingerprint density at radius 2 is 1.75 bits per heavy atom. The average molecular weight is 276 g/mol. The normalized spacial score (nSPS) is 15.8. The fraction of sp³-hybridized carbons (Fsp3) is 0.467. The molecular weight excluding hydrogens is 256 g/mol. The minimum atomic E-state index is -0.172. The van der Waals surface area contributed by atoms with Gasteiger partial charge in [0.25, 0.3) is 5.91 Å². The van der Waals surface area contributed by atoms with E-state index in [2.05, 4.69) is 0 Å². The molecule has 0 aliphatic carbocycles. The van der Waals surface area contributed by atoms with Gasteiger partial charge in [-0.3, -0.25) is 9.59 Å². The van der Waals surface area contributed by atoms with E-state index in [1.807, 2.05) is 6.92 Å². The molecule has 0 radical (unpaired) electrons. The molecule has 0 saturated carbocycles. The quantitative estimate of drug-likeness (QED) is 0.890. The first-order valence-corrected chi connectivity index (χ1v) is 6.98. The van der Waals surface area contributed by atoms with Gasteiger partial charge >= 0.3 is 0 Å². The lowest BCUT2D eigenvalue weighted by Gasteiger charge is -2.22. The van der Waals surface area contributed by atoms with Crippen LogP contribution in [-0.4, -0.2) is 52.9 Å². The van der Waals surface area contributed by atoms with Crippen molar-refractivity contribution in [1.82, 2.24) is 9.80 Å². The van der Waals surface area contributed by atoms with Crippen LogP contribution in [0.5, 0.6) is 5.75 Å². The smallest absolute Gasteiger partial charge is 0.257 e. The minimum Gasteiger partial charge on any atom is -0.507 e. The van der Waals surface area contributed by atoms with E-state index >= 15 is 0 Å². The van der Waals surface area contributed by atoms with Crippen molar-refractivity contribution in [3.8, 4) is 5.75 Å². The van der Waals surface area contributed by atoms with E-state index in [1.165, 1.54) is 6.07 Å². The molecule has 1 N–H and O–H groups in total. The number of phenols is 1. The Morgan fingerprint density at radius 1 is 1.10 bits per heavy atom. The van der Waals surface area contributed by atoms with Crippen molar-refractivity contribution in [2.24, 2.45) is 0 Å². The lowest BCUT2D eigenvalue weighted by atomic mass is 10.1. The SMILES string of the molecule is CCC(=O)N1CCCN(C(=O)c2ccccc2O)CC1. The van der Waals surface area contributed by atoms with E-state index in [0.29, 0.717) is 38.2 Å². The third kappa shape index (κ3) is 3.10. The number of rotatable bonds is 2. The highest BCUT2D eigenvalue weighted by atomic mass is 16.3. The molecule has 0 bridgehead atoms. The molecule has 1 aliphatic heterocycles.